The molecule has 0 aliphatic carbocycles. The maximum Gasteiger partial charge on any atom is 0.331 e. The van der Waals surface area contributed by atoms with Crippen molar-refractivity contribution in [2.45, 2.75) is 32.9 Å². The molecule has 2 atom stereocenters. The van der Waals surface area contributed by atoms with E-state index >= 15 is 0 Å². The van der Waals surface area contributed by atoms with E-state index in [1.165, 1.54) is 4.40 Å². The summed E-state index contributed by atoms with van der Waals surface area (Å²) in [6.45, 7) is 3.93. The maximum absolute atomic E-state index is 13.9. The SMILES string of the molecule is CCN1c2nc3ccccn3c(=O)c2C[C@]2(C(=O)NC(=O)N(Cc3ccccc3Cl)C2=O)[C@H]1C. The van der Waals surface area contributed by atoms with Gasteiger partial charge in [-0.1, -0.05) is 35.9 Å². The first-order valence-corrected chi connectivity index (χ1v) is 11.3. The number of hydrogen-bond donors (Lipinski definition) is 1. The van der Waals surface area contributed by atoms with Gasteiger partial charge in [0.2, 0.25) is 11.8 Å². The quantitative estimate of drug-likeness (QED) is 0.578. The minimum atomic E-state index is -1.68. The lowest BCUT2D eigenvalue weighted by molar-refractivity contribution is -0.153. The number of nitrogens with one attached hydrogen (secondary N) is 1. The van der Waals surface area contributed by atoms with Gasteiger partial charge in [0.15, 0.2) is 5.41 Å². The number of imide groups is 2. The monoisotopic (exact) mass is 479 g/mol. The van der Waals surface area contributed by atoms with Gasteiger partial charge >= 0.3 is 6.03 Å². The number of rotatable bonds is 3. The predicted molar refractivity (Wildman–Crippen MR) is 126 cm³/mol. The highest BCUT2D eigenvalue weighted by Gasteiger charge is 2.61. The third kappa shape index (κ3) is 3.03. The van der Waals surface area contributed by atoms with Crippen LogP contribution >= 0.6 is 11.6 Å². The maximum atomic E-state index is 13.9. The van der Waals surface area contributed by atoms with Crippen molar-refractivity contribution < 1.29 is 14.4 Å². The lowest BCUT2D eigenvalue weighted by atomic mass is 9.69. The summed E-state index contributed by atoms with van der Waals surface area (Å²) in [7, 11) is 0. The number of amides is 4. The van der Waals surface area contributed by atoms with Crippen molar-refractivity contribution in [3.8, 4) is 0 Å². The number of fused-ring (bicyclic) bond motifs is 2. The van der Waals surface area contributed by atoms with Crippen LogP contribution in [0.1, 0.15) is 25.0 Å². The molecule has 3 aromatic rings. The molecule has 1 aromatic carbocycles. The van der Waals surface area contributed by atoms with Gasteiger partial charge in [-0.05, 0) is 37.6 Å². The van der Waals surface area contributed by atoms with Gasteiger partial charge in [-0.2, -0.15) is 0 Å². The molecule has 1 fully saturated rings. The molecule has 0 unspecified atom stereocenters. The van der Waals surface area contributed by atoms with Crippen molar-refractivity contribution in [3.63, 3.8) is 0 Å². The van der Waals surface area contributed by atoms with Crippen LogP contribution in [0.2, 0.25) is 5.02 Å². The van der Waals surface area contributed by atoms with Gasteiger partial charge in [0.05, 0.1) is 18.2 Å². The molecule has 2 aliphatic rings. The molecule has 4 heterocycles. The molecule has 10 heteroatoms. The Morgan fingerprint density at radius 2 is 1.85 bits per heavy atom. The Hall–Kier alpha value is -3.72. The van der Waals surface area contributed by atoms with Gasteiger partial charge in [-0.25, -0.2) is 9.78 Å². The van der Waals surface area contributed by atoms with Crippen LogP contribution < -0.4 is 15.8 Å². The minimum absolute atomic E-state index is 0.0972. The van der Waals surface area contributed by atoms with Gasteiger partial charge < -0.3 is 4.90 Å². The Labute approximate surface area is 199 Å². The van der Waals surface area contributed by atoms with E-state index < -0.39 is 29.3 Å². The molecule has 9 nitrogen and oxygen atoms in total. The molecule has 34 heavy (non-hydrogen) atoms. The normalized spacial score (nSPS) is 22.3. The molecule has 1 spiro atoms. The summed E-state index contributed by atoms with van der Waals surface area (Å²) in [5, 5.41) is 2.75. The van der Waals surface area contributed by atoms with Gasteiger partial charge in [0.25, 0.3) is 5.56 Å². The van der Waals surface area contributed by atoms with Crippen LogP contribution in [0.5, 0.6) is 0 Å². The molecule has 1 N–H and O–H groups in total. The summed E-state index contributed by atoms with van der Waals surface area (Å²) in [5.74, 6) is -0.922. The van der Waals surface area contributed by atoms with E-state index in [1.54, 1.807) is 60.5 Å². The van der Waals surface area contributed by atoms with E-state index in [0.29, 0.717) is 28.6 Å². The summed E-state index contributed by atoms with van der Waals surface area (Å²) < 4.78 is 1.40. The topological polar surface area (TPSA) is 104 Å². The van der Waals surface area contributed by atoms with E-state index in [2.05, 4.69) is 10.3 Å². The Morgan fingerprint density at radius 1 is 1.12 bits per heavy atom. The molecule has 0 radical (unpaired) electrons. The van der Waals surface area contributed by atoms with Crippen LogP contribution in [0.15, 0.2) is 53.5 Å². The Balaban J connectivity index is 1.66. The van der Waals surface area contributed by atoms with Crippen molar-refractivity contribution >= 4 is 40.9 Å². The molecule has 4 amide bonds. The van der Waals surface area contributed by atoms with Crippen LogP contribution in [0.25, 0.3) is 5.65 Å². The van der Waals surface area contributed by atoms with Crippen molar-refractivity contribution in [3.05, 3.63) is 75.2 Å². The number of nitrogens with zero attached hydrogens (tertiary/aromatic N) is 4. The first kappa shape index (κ1) is 22.1. The first-order chi connectivity index (χ1) is 16.3. The summed E-state index contributed by atoms with van der Waals surface area (Å²) in [5.41, 5.74) is -0.717. The van der Waals surface area contributed by atoms with Gasteiger partial charge in [0.1, 0.15) is 11.5 Å². The molecule has 5 rings (SSSR count). The lowest BCUT2D eigenvalue weighted by Gasteiger charge is -2.49. The third-order valence-electron chi connectivity index (χ3n) is 6.84. The third-order valence-corrected chi connectivity index (χ3v) is 7.21. The average molecular weight is 480 g/mol. The summed E-state index contributed by atoms with van der Waals surface area (Å²) in [6.07, 6.45) is 1.43. The first-order valence-electron chi connectivity index (χ1n) is 11.0. The molecule has 0 bridgehead atoms. The van der Waals surface area contributed by atoms with Crippen LogP contribution in [0.4, 0.5) is 10.6 Å². The number of barbiturate groups is 1. The molecule has 174 valence electrons. The second kappa shape index (κ2) is 7.95. The fourth-order valence-electron chi connectivity index (χ4n) is 4.98. The summed E-state index contributed by atoms with van der Waals surface area (Å²) in [4.78, 5) is 60.9. The van der Waals surface area contributed by atoms with Crippen LogP contribution in [0, 0.1) is 5.41 Å². The standard InChI is InChI=1S/C24H22ClN5O4/c1-3-28-14(2)24(12-16-19(28)26-18-10-6-7-11-29(18)20(16)31)21(32)27-23(34)30(22(24)33)13-15-8-4-5-9-17(15)25/h4-11,14H,3,12-13H2,1-2H3,(H,27,32,34)/t14-,24-/m1/s1. The summed E-state index contributed by atoms with van der Waals surface area (Å²) >= 11 is 6.27. The second-order valence-electron chi connectivity index (χ2n) is 8.50. The van der Waals surface area contributed by atoms with E-state index in [1.807, 2.05) is 6.92 Å². The Bertz CT molecular complexity index is 1420. The second-order valence-corrected chi connectivity index (χ2v) is 8.91. The summed E-state index contributed by atoms with van der Waals surface area (Å²) in [6, 6.07) is 10.6. The molecule has 0 saturated carbocycles. The number of anilines is 1. The van der Waals surface area contributed by atoms with Crippen molar-refractivity contribution in [2.24, 2.45) is 5.41 Å². The molecular weight excluding hydrogens is 458 g/mol. The van der Waals surface area contributed by atoms with E-state index in [0.717, 1.165) is 4.90 Å². The van der Waals surface area contributed by atoms with Crippen molar-refractivity contribution in [1.82, 2.24) is 19.6 Å². The minimum Gasteiger partial charge on any atom is -0.352 e. The van der Waals surface area contributed by atoms with E-state index in [4.69, 9.17) is 11.6 Å². The van der Waals surface area contributed by atoms with Crippen molar-refractivity contribution in [2.75, 3.05) is 11.4 Å². The zero-order valence-corrected chi connectivity index (χ0v) is 19.4. The number of hydrogen-bond acceptors (Lipinski definition) is 6. The Kier molecular flexibility index (Phi) is 5.16. The molecule has 2 aliphatic heterocycles. The van der Waals surface area contributed by atoms with Crippen molar-refractivity contribution in [1.29, 1.82) is 0 Å². The van der Waals surface area contributed by atoms with E-state index in [9.17, 15) is 19.2 Å². The largest absolute Gasteiger partial charge is 0.352 e. The Morgan fingerprint density at radius 3 is 2.59 bits per heavy atom. The number of benzene rings is 1. The van der Waals surface area contributed by atoms with Crippen LogP contribution in [-0.4, -0.2) is 44.7 Å². The number of urea groups is 1. The average Bonchev–Trinajstić information content (AvgIpc) is 2.82. The number of carbonyl (C=O) groups is 3. The van der Waals surface area contributed by atoms with E-state index in [-0.39, 0.29) is 24.1 Å². The lowest BCUT2D eigenvalue weighted by Crippen LogP contribution is -2.71. The highest BCUT2D eigenvalue weighted by atomic mass is 35.5. The van der Waals surface area contributed by atoms with Gasteiger partial charge in [-0.15, -0.1) is 0 Å². The highest BCUT2D eigenvalue weighted by Crippen LogP contribution is 2.43. The number of aromatic nitrogens is 2. The fourth-order valence-corrected chi connectivity index (χ4v) is 5.17. The fraction of sp³-hybridized carbons (Fsp3) is 0.292. The molecular formula is C24H22ClN5O4. The predicted octanol–water partition coefficient (Wildman–Crippen LogP) is 2.38. The van der Waals surface area contributed by atoms with Crippen LogP contribution in [-0.2, 0) is 22.6 Å². The zero-order chi connectivity index (χ0) is 24.2. The van der Waals surface area contributed by atoms with Gasteiger partial charge in [-0.3, -0.25) is 29.0 Å². The van der Waals surface area contributed by atoms with Crippen LogP contribution in [0.3, 0.4) is 0 Å². The molecule has 2 aromatic heterocycles. The number of halogens is 1. The zero-order valence-electron chi connectivity index (χ0n) is 18.6. The highest BCUT2D eigenvalue weighted by molar-refractivity contribution is 6.31. The number of pyridine rings is 1. The molecule has 1 saturated heterocycles. The smallest absolute Gasteiger partial charge is 0.331 e. The van der Waals surface area contributed by atoms with Gasteiger partial charge in [0, 0.05) is 24.2 Å². The number of carbonyl (C=O) groups excluding carboxylic acids is 3.